The largest absolute Gasteiger partial charge is 0.399 e. The summed E-state index contributed by atoms with van der Waals surface area (Å²) in [5.74, 6) is 0. The first-order valence-electron chi connectivity index (χ1n) is 4.32. The summed E-state index contributed by atoms with van der Waals surface area (Å²) in [4.78, 5) is 8.42. The number of anilines is 1. The van der Waals surface area contributed by atoms with E-state index in [1.165, 1.54) is 0 Å². The van der Waals surface area contributed by atoms with Crippen molar-refractivity contribution in [2.45, 2.75) is 0 Å². The van der Waals surface area contributed by atoms with Crippen molar-refractivity contribution < 1.29 is 0 Å². The average Bonchev–Trinajstić information content (AvgIpc) is 2.56. The molecule has 0 aliphatic rings. The Balaban J connectivity index is 2.58. The average molecular weight is 184 g/mol. The van der Waals surface area contributed by atoms with Gasteiger partial charge in [0.05, 0.1) is 17.2 Å². The van der Waals surface area contributed by atoms with Crippen molar-refractivity contribution in [1.29, 1.82) is 0 Å². The lowest BCUT2D eigenvalue weighted by Crippen LogP contribution is -1.86. The van der Waals surface area contributed by atoms with Gasteiger partial charge in [-0.2, -0.15) is 0 Å². The van der Waals surface area contributed by atoms with Crippen LogP contribution in [0.3, 0.4) is 0 Å². The van der Waals surface area contributed by atoms with Crippen LogP contribution in [0.15, 0.2) is 36.8 Å². The van der Waals surface area contributed by atoms with E-state index in [2.05, 4.69) is 9.97 Å². The summed E-state index contributed by atoms with van der Waals surface area (Å²) in [7, 11) is 0. The normalized spacial score (nSPS) is 11.1. The molecule has 3 aromatic rings. The molecule has 2 heterocycles. The predicted octanol–water partition coefficient (Wildman–Crippen LogP) is 1.46. The molecular formula is C10H8N4. The maximum absolute atomic E-state index is 5.72. The molecule has 0 saturated carbocycles. The first-order valence-corrected chi connectivity index (χ1v) is 4.32. The smallest absolute Gasteiger partial charge is 0.156 e. The molecule has 0 amide bonds. The molecular weight excluding hydrogens is 176 g/mol. The van der Waals surface area contributed by atoms with Crippen LogP contribution in [0.25, 0.3) is 16.7 Å². The molecule has 0 radical (unpaired) electrons. The van der Waals surface area contributed by atoms with Crippen LogP contribution in [0.1, 0.15) is 0 Å². The molecule has 14 heavy (non-hydrogen) atoms. The van der Waals surface area contributed by atoms with E-state index < -0.39 is 0 Å². The van der Waals surface area contributed by atoms with Gasteiger partial charge in [-0.05, 0) is 18.2 Å². The molecule has 0 bridgehead atoms. The zero-order chi connectivity index (χ0) is 9.54. The Labute approximate surface area is 80.0 Å². The summed E-state index contributed by atoms with van der Waals surface area (Å²) >= 11 is 0. The Morgan fingerprint density at radius 2 is 2.21 bits per heavy atom. The van der Waals surface area contributed by atoms with Crippen LogP contribution in [0.5, 0.6) is 0 Å². The lowest BCUT2D eigenvalue weighted by molar-refractivity contribution is 1.15. The second kappa shape index (κ2) is 2.45. The van der Waals surface area contributed by atoms with Crippen LogP contribution in [0.2, 0.25) is 0 Å². The van der Waals surface area contributed by atoms with Gasteiger partial charge in [-0.3, -0.25) is 9.38 Å². The quantitative estimate of drug-likeness (QED) is 0.538. The SMILES string of the molecule is Nc1ccc2nc3cnccn3c2c1. The summed E-state index contributed by atoms with van der Waals surface area (Å²) < 4.78 is 1.97. The fourth-order valence-electron chi connectivity index (χ4n) is 1.59. The minimum atomic E-state index is 0.746. The van der Waals surface area contributed by atoms with Crippen LogP contribution in [-0.2, 0) is 0 Å². The summed E-state index contributed by atoms with van der Waals surface area (Å²) in [6.45, 7) is 0. The maximum atomic E-state index is 5.72. The highest BCUT2D eigenvalue weighted by Gasteiger charge is 2.02. The van der Waals surface area contributed by atoms with Gasteiger partial charge >= 0.3 is 0 Å². The van der Waals surface area contributed by atoms with Crippen LogP contribution in [0, 0.1) is 0 Å². The first-order chi connectivity index (χ1) is 6.84. The number of nitrogens with two attached hydrogens (primary N) is 1. The van der Waals surface area contributed by atoms with Crippen LogP contribution in [0.4, 0.5) is 5.69 Å². The molecule has 1 aromatic carbocycles. The summed E-state index contributed by atoms with van der Waals surface area (Å²) in [5.41, 5.74) is 9.26. The molecule has 4 heteroatoms. The highest BCUT2D eigenvalue weighted by molar-refractivity contribution is 5.82. The van der Waals surface area contributed by atoms with Gasteiger partial charge in [-0.1, -0.05) is 0 Å². The number of hydrogen-bond acceptors (Lipinski definition) is 3. The number of benzene rings is 1. The third-order valence-electron chi connectivity index (χ3n) is 2.23. The molecule has 4 nitrogen and oxygen atoms in total. The van der Waals surface area contributed by atoms with Gasteiger partial charge in [0.1, 0.15) is 0 Å². The van der Waals surface area contributed by atoms with Crippen molar-refractivity contribution in [2.24, 2.45) is 0 Å². The van der Waals surface area contributed by atoms with Crippen molar-refractivity contribution in [2.75, 3.05) is 5.73 Å². The molecule has 0 saturated heterocycles. The minimum absolute atomic E-state index is 0.746. The second-order valence-electron chi connectivity index (χ2n) is 3.16. The number of imidazole rings is 1. The fourth-order valence-corrected chi connectivity index (χ4v) is 1.59. The monoisotopic (exact) mass is 184 g/mol. The van der Waals surface area contributed by atoms with E-state index >= 15 is 0 Å². The van der Waals surface area contributed by atoms with E-state index in [0.29, 0.717) is 0 Å². The molecule has 0 atom stereocenters. The van der Waals surface area contributed by atoms with Gasteiger partial charge in [-0.25, -0.2) is 4.98 Å². The number of aromatic nitrogens is 3. The van der Waals surface area contributed by atoms with Crippen LogP contribution < -0.4 is 5.73 Å². The van der Waals surface area contributed by atoms with E-state index in [9.17, 15) is 0 Å². The van der Waals surface area contributed by atoms with Crippen molar-refractivity contribution >= 4 is 22.4 Å². The third-order valence-corrected chi connectivity index (χ3v) is 2.23. The van der Waals surface area contributed by atoms with Crippen molar-refractivity contribution in [3.63, 3.8) is 0 Å². The van der Waals surface area contributed by atoms with Gasteiger partial charge in [0.15, 0.2) is 5.65 Å². The summed E-state index contributed by atoms with van der Waals surface area (Å²) in [6.07, 6.45) is 5.34. The highest BCUT2D eigenvalue weighted by Crippen LogP contribution is 2.17. The number of hydrogen-bond donors (Lipinski definition) is 1. The van der Waals surface area contributed by atoms with E-state index in [-0.39, 0.29) is 0 Å². The van der Waals surface area contributed by atoms with Gasteiger partial charge < -0.3 is 5.73 Å². The van der Waals surface area contributed by atoms with Gasteiger partial charge in [0.25, 0.3) is 0 Å². The summed E-state index contributed by atoms with van der Waals surface area (Å²) in [6, 6.07) is 5.68. The Morgan fingerprint density at radius 3 is 3.14 bits per heavy atom. The predicted molar refractivity (Wildman–Crippen MR) is 54.9 cm³/mol. The van der Waals surface area contributed by atoms with Crippen LogP contribution in [-0.4, -0.2) is 14.4 Å². The van der Waals surface area contributed by atoms with Gasteiger partial charge in [0.2, 0.25) is 0 Å². The van der Waals surface area contributed by atoms with E-state index in [1.54, 1.807) is 12.4 Å². The topological polar surface area (TPSA) is 56.2 Å². The summed E-state index contributed by atoms with van der Waals surface area (Å²) in [5, 5.41) is 0. The van der Waals surface area contributed by atoms with E-state index in [4.69, 9.17) is 5.73 Å². The number of rotatable bonds is 0. The lowest BCUT2D eigenvalue weighted by Gasteiger charge is -1.94. The number of fused-ring (bicyclic) bond motifs is 3. The van der Waals surface area contributed by atoms with Crippen LogP contribution >= 0.6 is 0 Å². The zero-order valence-corrected chi connectivity index (χ0v) is 7.38. The minimum Gasteiger partial charge on any atom is -0.399 e. The molecule has 0 spiro atoms. The second-order valence-corrected chi connectivity index (χ2v) is 3.16. The van der Waals surface area contributed by atoms with Crippen molar-refractivity contribution in [3.05, 3.63) is 36.8 Å². The Hall–Kier alpha value is -2.10. The third kappa shape index (κ3) is 0.877. The molecule has 0 unspecified atom stereocenters. The number of nitrogen functional groups attached to an aromatic ring is 1. The Bertz CT molecular complexity index is 612. The Kier molecular flexibility index (Phi) is 1.28. The van der Waals surface area contributed by atoms with Gasteiger partial charge in [-0.15, -0.1) is 0 Å². The number of nitrogens with zero attached hydrogens (tertiary/aromatic N) is 3. The molecule has 0 aliphatic carbocycles. The standard InChI is InChI=1S/C10H8N4/c11-7-1-2-8-9(5-7)14-4-3-12-6-10(14)13-8/h1-6H,11H2. The van der Waals surface area contributed by atoms with Crippen molar-refractivity contribution in [3.8, 4) is 0 Å². The highest BCUT2D eigenvalue weighted by atomic mass is 15.0. The Morgan fingerprint density at radius 1 is 1.29 bits per heavy atom. The lowest BCUT2D eigenvalue weighted by atomic mass is 10.3. The molecule has 3 rings (SSSR count). The van der Waals surface area contributed by atoms with Crippen molar-refractivity contribution in [1.82, 2.24) is 14.4 Å². The maximum Gasteiger partial charge on any atom is 0.156 e. The van der Waals surface area contributed by atoms with Gasteiger partial charge in [0, 0.05) is 18.1 Å². The molecule has 2 N–H and O–H groups in total. The first kappa shape index (κ1) is 7.32. The van der Waals surface area contributed by atoms with E-state index in [1.807, 2.05) is 28.8 Å². The zero-order valence-electron chi connectivity index (χ0n) is 7.38. The molecule has 0 aliphatic heterocycles. The van der Waals surface area contributed by atoms with E-state index in [0.717, 1.165) is 22.4 Å². The molecule has 68 valence electrons. The molecule has 2 aromatic heterocycles. The molecule has 0 fully saturated rings. The fraction of sp³-hybridized carbons (Fsp3) is 0.